The molecule has 6 nitrogen and oxygen atoms in total. The van der Waals surface area contributed by atoms with E-state index in [1.165, 1.54) is 6.33 Å². The molecule has 0 unspecified atom stereocenters. The Kier molecular flexibility index (Phi) is 3.83. The van der Waals surface area contributed by atoms with E-state index in [1.54, 1.807) is 23.1 Å². The fourth-order valence-electron chi connectivity index (χ4n) is 1.88. The number of aromatic nitrogens is 3. The van der Waals surface area contributed by atoms with E-state index in [-0.39, 0.29) is 11.7 Å². The average Bonchev–Trinajstić information content (AvgIpc) is 3.11. The summed E-state index contributed by atoms with van der Waals surface area (Å²) in [6.07, 6.45) is 3.13. The highest BCUT2D eigenvalue weighted by Crippen LogP contribution is 2.17. The molecule has 0 radical (unpaired) electrons. The summed E-state index contributed by atoms with van der Waals surface area (Å²) in [5.41, 5.74) is 1.71. The van der Waals surface area contributed by atoms with Gasteiger partial charge in [0, 0.05) is 5.69 Å². The number of amides is 1. The SMILES string of the molecule is O=C(Nc1cccc(Cn2cncn2)c1)c1ccc(Br)o1. The molecule has 1 N–H and O–H groups in total. The number of anilines is 1. The van der Waals surface area contributed by atoms with Crippen LogP contribution in [0.15, 0.2) is 58.1 Å². The Bertz CT molecular complexity index is 752. The average molecular weight is 347 g/mol. The van der Waals surface area contributed by atoms with Crippen molar-refractivity contribution in [3.05, 3.63) is 65.0 Å². The number of hydrogen-bond donors (Lipinski definition) is 1. The van der Waals surface area contributed by atoms with Crippen LogP contribution >= 0.6 is 15.9 Å². The Labute approximate surface area is 128 Å². The van der Waals surface area contributed by atoms with Crippen molar-refractivity contribution in [3.63, 3.8) is 0 Å². The molecule has 0 fully saturated rings. The van der Waals surface area contributed by atoms with Crippen LogP contribution in [0.2, 0.25) is 0 Å². The first-order valence-electron chi connectivity index (χ1n) is 6.19. The van der Waals surface area contributed by atoms with Gasteiger partial charge in [0.1, 0.15) is 12.7 Å². The van der Waals surface area contributed by atoms with Gasteiger partial charge in [0.15, 0.2) is 10.4 Å². The van der Waals surface area contributed by atoms with Crippen LogP contribution in [0.25, 0.3) is 0 Å². The maximum atomic E-state index is 12.0. The van der Waals surface area contributed by atoms with Crippen LogP contribution in [-0.2, 0) is 6.54 Å². The zero-order valence-electron chi connectivity index (χ0n) is 10.9. The maximum absolute atomic E-state index is 12.0. The van der Waals surface area contributed by atoms with Crippen molar-refractivity contribution in [3.8, 4) is 0 Å². The first-order chi connectivity index (χ1) is 10.2. The third-order valence-electron chi connectivity index (χ3n) is 2.79. The van der Waals surface area contributed by atoms with Gasteiger partial charge >= 0.3 is 0 Å². The van der Waals surface area contributed by atoms with Gasteiger partial charge in [-0.25, -0.2) is 9.67 Å². The summed E-state index contributed by atoms with van der Waals surface area (Å²) in [6.45, 7) is 0.593. The summed E-state index contributed by atoms with van der Waals surface area (Å²) >= 11 is 3.17. The van der Waals surface area contributed by atoms with Crippen molar-refractivity contribution in [1.82, 2.24) is 14.8 Å². The van der Waals surface area contributed by atoms with E-state index < -0.39 is 0 Å². The summed E-state index contributed by atoms with van der Waals surface area (Å²) in [7, 11) is 0. The standard InChI is InChI=1S/C14H11BrN4O2/c15-13-5-4-12(21-13)14(20)18-11-3-1-2-10(6-11)7-19-9-16-8-17-19/h1-6,8-9H,7H2,(H,18,20). The van der Waals surface area contributed by atoms with E-state index in [4.69, 9.17) is 4.42 Å². The summed E-state index contributed by atoms with van der Waals surface area (Å²) in [6, 6.07) is 10.8. The molecular formula is C14H11BrN4O2. The van der Waals surface area contributed by atoms with Gasteiger partial charge in [0.05, 0.1) is 6.54 Å². The first kappa shape index (κ1) is 13.6. The van der Waals surface area contributed by atoms with Gasteiger partial charge in [-0.05, 0) is 45.8 Å². The van der Waals surface area contributed by atoms with Crippen molar-refractivity contribution in [2.24, 2.45) is 0 Å². The first-order valence-corrected chi connectivity index (χ1v) is 6.98. The van der Waals surface area contributed by atoms with Crippen LogP contribution in [-0.4, -0.2) is 20.7 Å². The zero-order chi connectivity index (χ0) is 14.7. The molecule has 0 saturated heterocycles. The second kappa shape index (κ2) is 5.92. The van der Waals surface area contributed by atoms with Crippen molar-refractivity contribution in [2.45, 2.75) is 6.54 Å². The van der Waals surface area contributed by atoms with Crippen LogP contribution in [0.4, 0.5) is 5.69 Å². The monoisotopic (exact) mass is 346 g/mol. The second-order valence-electron chi connectivity index (χ2n) is 4.35. The predicted molar refractivity (Wildman–Crippen MR) is 79.9 cm³/mol. The summed E-state index contributed by atoms with van der Waals surface area (Å²) in [5.74, 6) is -0.0397. The summed E-state index contributed by atoms with van der Waals surface area (Å²) < 4.78 is 7.45. The number of benzene rings is 1. The molecular weight excluding hydrogens is 336 g/mol. The fraction of sp³-hybridized carbons (Fsp3) is 0.0714. The molecule has 2 aromatic heterocycles. The van der Waals surface area contributed by atoms with Crippen LogP contribution in [0.5, 0.6) is 0 Å². The van der Waals surface area contributed by atoms with Crippen molar-refractivity contribution < 1.29 is 9.21 Å². The lowest BCUT2D eigenvalue weighted by Gasteiger charge is -2.06. The van der Waals surface area contributed by atoms with E-state index in [2.05, 4.69) is 31.3 Å². The molecule has 106 valence electrons. The molecule has 1 aromatic carbocycles. The van der Waals surface area contributed by atoms with Gasteiger partial charge in [-0.3, -0.25) is 4.79 Å². The molecule has 2 heterocycles. The van der Waals surface area contributed by atoms with Gasteiger partial charge in [0.2, 0.25) is 0 Å². The number of nitrogens with one attached hydrogen (secondary N) is 1. The number of furan rings is 1. The van der Waals surface area contributed by atoms with E-state index in [0.29, 0.717) is 16.9 Å². The molecule has 0 saturated carbocycles. The molecule has 3 rings (SSSR count). The highest BCUT2D eigenvalue weighted by Gasteiger charge is 2.10. The third-order valence-corrected chi connectivity index (χ3v) is 3.22. The smallest absolute Gasteiger partial charge is 0.291 e. The van der Waals surface area contributed by atoms with Crippen molar-refractivity contribution >= 4 is 27.5 Å². The molecule has 3 aromatic rings. The van der Waals surface area contributed by atoms with E-state index >= 15 is 0 Å². The lowest BCUT2D eigenvalue weighted by molar-refractivity contribution is 0.0995. The normalized spacial score (nSPS) is 10.5. The molecule has 7 heteroatoms. The minimum absolute atomic E-state index is 0.253. The second-order valence-corrected chi connectivity index (χ2v) is 5.13. The predicted octanol–water partition coefficient (Wildman–Crippen LogP) is 2.93. The number of halogens is 1. The fourth-order valence-corrected chi connectivity index (χ4v) is 2.18. The third kappa shape index (κ3) is 3.38. The van der Waals surface area contributed by atoms with E-state index in [0.717, 1.165) is 5.56 Å². The molecule has 0 aliphatic rings. The Morgan fingerprint density at radius 3 is 2.95 bits per heavy atom. The highest BCUT2D eigenvalue weighted by molar-refractivity contribution is 9.10. The number of rotatable bonds is 4. The minimum atomic E-state index is -0.293. The number of hydrogen-bond acceptors (Lipinski definition) is 4. The maximum Gasteiger partial charge on any atom is 0.291 e. The van der Waals surface area contributed by atoms with Crippen LogP contribution < -0.4 is 5.32 Å². The molecule has 1 amide bonds. The van der Waals surface area contributed by atoms with Crippen molar-refractivity contribution in [2.75, 3.05) is 5.32 Å². The minimum Gasteiger partial charge on any atom is -0.444 e. The molecule has 0 spiro atoms. The molecule has 0 aliphatic heterocycles. The highest BCUT2D eigenvalue weighted by atomic mass is 79.9. The van der Waals surface area contributed by atoms with E-state index in [1.807, 2.05) is 24.3 Å². The van der Waals surface area contributed by atoms with Crippen molar-refractivity contribution in [1.29, 1.82) is 0 Å². The lowest BCUT2D eigenvalue weighted by Crippen LogP contribution is -2.11. The number of nitrogens with zero attached hydrogens (tertiary/aromatic N) is 3. The van der Waals surface area contributed by atoms with Gasteiger partial charge in [-0.2, -0.15) is 5.10 Å². The quantitative estimate of drug-likeness (QED) is 0.788. The Morgan fingerprint density at radius 1 is 1.33 bits per heavy atom. The van der Waals surface area contributed by atoms with Crippen LogP contribution in [0.1, 0.15) is 16.1 Å². The van der Waals surface area contributed by atoms with Gasteiger partial charge in [0.25, 0.3) is 5.91 Å². The molecule has 0 aliphatic carbocycles. The number of carbonyl (C=O) groups excluding carboxylic acids is 1. The van der Waals surface area contributed by atoms with E-state index in [9.17, 15) is 4.79 Å². The van der Waals surface area contributed by atoms with Gasteiger partial charge in [-0.15, -0.1) is 0 Å². The summed E-state index contributed by atoms with van der Waals surface area (Å²) in [5, 5.41) is 6.84. The molecule has 21 heavy (non-hydrogen) atoms. The topological polar surface area (TPSA) is 73.0 Å². The van der Waals surface area contributed by atoms with Gasteiger partial charge < -0.3 is 9.73 Å². The van der Waals surface area contributed by atoms with Gasteiger partial charge in [-0.1, -0.05) is 12.1 Å². The Morgan fingerprint density at radius 2 is 2.24 bits per heavy atom. The number of carbonyl (C=O) groups is 1. The molecule has 0 atom stereocenters. The van der Waals surface area contributed by atoms with Crippen LogP contribution in [0.3, 0.4) is 0 Å². The molecule has 0 bridgehead atoms. The van der Waals surface area contributed by atoms with Crippen LogP contribution in [0, 0.1) is 0 Å². The zero-order valence-corrected chi connectivity index (χ0v) is 12.4. The summed E-state index contributed by atoms with van der Waals surface area (Å²) in [4.78, 5) is 15.9. The lowest BCUT2D eigenvalue weighted by atomic mass is 10.2. The Balaban J connectivity index is 1.72. The Hall–Kier alpha value is -2.41. The largest absolute Gasteiger partial charge is 0.444 e.